The first kappa shape index (κ1) is 18.7. The molecular formula is C14H16N4O3S3. The molecule has 0 atom stereocenters. The third-order valence-electron chi connectivity index (χ3n) is 2.83. The van der Waals surface area contributed by atoms with Gasteiger partial charge >= 0.3 is 0 Å². The summed E-state index contributed by atoms with van der Waals surface area (Å²) in [5.41, 5.74) is 0.757. The molecule has 1 amide bonds. The second-order valence-corrected chi connectivity index (χ2v) is 8.07. The third-order valence-corrected chi connectivity index (χ3v) is 6.07. The smallest absolute Gasteiger partial charge is 0.273 e. The Morgan fingerprint density at radius 2 is 2.00 bits per heavy atom. The highest BCUT2D eigenvalue weighted by Crippen LogP contribution is 2.32. The average Bonchev–Trinajstić information content (AvgIpc) is 3.04. The molecule has 0 aliphatic heterocycles. The number of nitrogens with one attached hydrogen (secondary N) is 1. The molecule has 1 heterocycles. The van der Waals surface area contributed by atoms with E-state index >= 15 is 0 Å². The molecule has 0 saturated carbocycles. The van der Waals surface area contributed by atoms with Crippen molar-refractivity contribution in [2.24, 2.45) is 0 Å². The monoisotopic (exact) mass is 384 g/mol. The fourth-order valence-electron chi connectivity index (χ4n) is 1.71. The van der Waals surface area contributed by atoms with E-state index in [0.717, 1.165) is 10.8 Å². The van der Waals surface area contributed by atoms with Crippen molar-refractivity contribution in [3.63, 3.8) is 0 Å². The number of hydrogen-bond acceptors (Lipinski definition) is 8. The lowest BCUT2D eigenvalue weighted by Gasteiger charge is -2.00. The molecule has 0 fully saturated rings. The van der Waals surface area contributed by atoms with Gasteiger partial charge in [0.25, 0.3) is 5.69 Å². The van der Waals surface area contributed by atoms with Gasteiger partial charge in [0.15, 0.2) is 8.68 Å². The molecule has 2 rings (SSSR count). The van der Waals surface area contributed by atoms with Gasteiger partial charge in [-0.3, -0.25) is 14.9 Å². The average molecular weight is 385 g/mol. The third kappa shape index (κ3) is 5.77. The molecule has 0 saturated heterocycles. The number of benzene rings is 1. The van der Waals surface area contributed by atoms with Gasteiger partial charge in [0.2, 0.25) is 5.91 Å². The number of nitrogens with zero attached hydrogens (tertiary/aromatic N) is 3. The lowest BCUT2D eigenvalue weighted by atomic mass is 10.2. The van der Waals surface area contributed by atoms with Crippen LogP contribution in [0.3, 0.4) is 0 Å². The van der Waals surface area contributed by atoms with Crippen LogP contribution < -0.4 is 5.32 Å². The molecule has 2 aromatic rings. The number of para-hydroxylation sites is 1. The first-order valence-electron chi connectivity index (χ1n) is 7.18. The van der Waals surface area contributed by atoms with Crippen LogP contribution in [-0.4, -0.2) is 33.3 Å². The molecule has 0 radical (unpaired) electrons. The zero-order valence-corrected chi connectivity index (χ0v) is 15.4. The molecule has 10 heteroatoms. The molecule has 1 aromatic heterocycles. The Morgan fingerprint density at radius 3 is 2.71 bits per heavy atom. The van der Waals surface area contributed by atoms with Crippen LogP contribution in [0.25, 0.3) is 0 Å². The van der Waals surface area contributed by atoms with E-state index in [1.807, 2.05) is 6.92 Å². The van der Waals surface area contributed by atoms with Crippen molar-refractivity contribution in [2.45, 2.75) is 27.8 Å². The van der Waals surface area contributed by atoms with E-state index in [2.05, 4.69) is 15.5 Å². The Hall–Kier alpha value is -1.65. The molecule has 1 aromatic carbocycles. The van der Waals surface area contributed by atoms with E-state index in [-0.39, 0.29) is 16.5 Å². The van der Waals surface area contributed by atoms with Crippen LogP contribution in [0.1, 0.15) is 18.9 Å². The van der Waals surface area contributed by atoms with Crippen molar-refractivity contribution < 1.29 is 9.72 Å². The summed E-state index contributed by atoms with van der Waals surface area (Å²) >= 11 is 4.13. The molecule has 7 nitrogen and oxygen atoms in total. The van der Waals surface area contributed by atoms with E-state index in [0.29, 0.717) is 28.0 Å². The number of thioether (sulfide) groups is 2. The summed E-state index contributed by atoms with van der Waals surface area (Å²) in [6.07, 6.45) is 0.904. The number of nitro benzene ring substituents is 1. The van der Waals surface area contributed by atoms with Crippen LogP contribution in [0.15, 0.2) is 32.9 Å². The van der Waals surface area contributed by atoms with Crippen LogP contribution in [0.2, 0.25) is 0 Å². The fraction of sp³-hybridized carbons (Fsp3) is 0.357. The van der Waals surface area contributed by atoms with Crippen LogP contribution in [0, 0.1) is 10.1 Å². The molecule has 0 bridgehead atoms. The molecule has 128 valence electrons. The van der Waals surface area contributed by atoms with Gasteiger partial charge in [-0.05, 0) is 6.42 Å². The minimum Gasteiger partial charge on any atom is -0.355 e. The van der Waals surface area contributed by atoms with Crippen LogP contribution in [0.4, 0.5) is 5.69 Å². The topological polar surface area (TPSA) is 98.0 Å². The Labute approximate surface area is 151 Å². The lowest BCUT2D eigenvalue weighted by molar-refractivity contribution is -0.385. The number of rotatable bonds is 9. The second kappa shape index (κ2) is 9.60. The molecule has 0 aliphatic rings. The largest absolute Gasteiger partial charge is 0.355 e. The molecule has 24 heavy (non-hydrogen) atoms. The van der Waals surface area contributed by atoms with Gasteiger partial charge in [-0.15, -0.1) is 10.2 Å². The SMILES string of the molecule is CCCNC(=O)CSc1nnc(SCc2ccccc2[N+](=O)[O-])s1. The van der Waals surface area contributed by atoms with Gasteiger partial charge in [-0.25, -0.2) is 0 Å². The fourth-order valence-corrected chi connectivity index (χ4v) is 4.55. The zero-order chi connectivity index (χ0) is 17.4. The maximum absolute atomic E-state index is 11.5. The normalized spacial score (nSPS) is 10.5. The van der Waals surface area contributed by atoms with Crippen molar-refractivity contribution in [1.82, 2.24) is 15.5 Å². The minimum absolute atomic E-state index is 0.0221. The summed E-state index contributed by atoms with van der Waals surface area (Å²) in [5, 5.41) is 21.9. The van der Waals surface area contributed by atoms with Crippen LogP contribution >= 0.6 is 34.9 Å². The zero-order valence-electron chi connectivity index (χ0n) is 12.9. The Morgan fingerprint density at radius 1 is 1.29 bits per heavy atom. The van der Waals surface area contributed by atoms with Gasteiger partial charge < -0.3 is 5.32 Å². The highest BCUT2D eigenvalue weighted by atomic mass is 32.2. The van der Waals surface area contributed by atoms with Crippen molar-refractivity contribution >= 4 is 46.5 Å². The predicted molar refractivity (Wildman–Crippen MR) is 96.6 cm³/mol. The van der Waals surface area contributed by atoms with Crippen LogP contribution in [-0.2, 0) is 10.5 Å². The Kier molecular flexibility index (Phi) is 7.47. The standard InChI is InChI=1S/C14H16N4O3S3/c1-2-7-15-12(19)9-23-14-17-16-13(24-14)22-8-10-5-3-4-6-11(10)18(20)21/h3-6H,2,7-9H2,1H3,(H,15,19). The number of nitro groups is 1. The highest BCUT2D eigenvalue weighted by molar-refractivity contribution is 8.03. The minimum atomic E-state index is -0.383. The molecule has 0 aliphatic carbocycles. The highest BCUT2D eigenvalue weighted by Gasteiger charge is 2.14. The second-order valence-electron chi connectivity index (χ2n) is 4.65. The van der Waals surface area contributed by atoms with Crippen LogP contribution in [0.5, 0.6) is 0 Å². The van der Waals surface area contributed by atoms with Crippen molar-refractivity contribution in [2.75, 3.05) is 12.3 Å². The lowest BCUT2D eigenvalue weighted by Crippen LogP contribution is -2.25. The number of aromatic nitrogens is 2. The van der Waals surface area contributed by atoms with E-state index in [4.69, 9.17) is 0 Å². The maximum atomic E-state index is 11.5. The summed E-state index contributed by atoms with van der Waals surface area (Å²) < 4.78 is 1.44. The summed E-state index contributed by atoms with van der Waals surface area (Å²) in [7, 11) is 0. The van der Waals surface area contributed by atoms with Gasteiger partial charge in [-0.2, -0.15) is 0 Å². The number of hydrogen-bond donors (Lipinski definition) is 1. The van der Waals surface area contributed by atoms with Crippen molar-refractivity contribution in [3.05, 3.63) is 39.9 Å². The number of carbonyl (C=O) groups is 1. The predicted octanol–water partition coefficient (Wildman–Crippen LogP) is 3.36. The van der Waals surface area contributed by atoms with E-state index in [9.17, 15) is 14.9 Å². The molecular weight excluding hydrogens is 368 g/mol. The summed E-state index contributed by atoms with van der Waals surface area (Å²) in [5.74, 6) is 0.739. The Bertz CT molecular complexity index is 708. The van der Waals surface area contributed by atoms with Crippen molar-refractivity contribution in [1.29, 1.82) is 0 Å². The summed E-state index contributed by atoms with van der Waals surface area (Å²) in [4.78, 5) is 22.2. The van der Waals surface area contributed by atoms with E-state index < -0.39 is 0 Å². The van der Waals surface area contributed by atoms with Crippen molar-refractivity contribution in [3.8, 4) is 0 Å². The van der Waals surface area contributed by atoms with Gasteiger partial charge in [0, 0.05) is 23.9 Å². The van der Waals surface area contributed by atoms with Gasteiger partial charge in [0.05, 0.1) is 10.7 Å². The molecule has 1 N–H and O–H groups in total. The van der Waals surface area contributed by atoms with Gasteiger partial charge in [-0.1, -0.05) is 60.0 Å². The van der Waals surface area contributed by atoms with E-state index in [1.165, 1.54) is 40.9 Å². The molecule has 0 spiro atoms. The summed E-state index contributed by atoms with van der Waals surface area (Å²) in [6, 6.07) is 6.65. The summed E-state index contributed by atoms with van der Waals surface area (Å²) in [6.45, 7) is 2.67. The maximum Gasteiger partial charge on any atom is 0.273 e. The first-order chi connectivity index (χ1) is 11.6. The Balaban J connectivity index is 1.86. The van der Waals surface area contributed by atoms with Gasteiger partial charge in [0.1, 0.15) is 0 Å². The molecule has 0 unspecified atom stereocenters. The first-order valence-corrected chi connectivity index (χ1v) is 9.97. The number of amides is 1. The van der Waals surface area contributed by atoms with E-state index in [1.54, 1.807) is 18.2 Å². The number of carbonyl (C=O) groups excluding carboxylic acids is 1. The quantitative estimate of drug-likeness (QED) is 0.402.